The molecule has 0 saturated carbocycles. The molecule has 0 aliphatic carbocycles. The number of nitrogens with zero attached hydrogens (tertiary/aromatic N) is 1. The van der Waals surface area contributed by atoms with Gasteiger partial charge in [-0.2, -0.15) is 0 Å². The summed E-state index contributed by atoms with van der Waals surface area (Å²) in [6.45, 7) is 4.38. The standard InChI is InChI=1S/C61H115N2O7P/c1-6-8-10-12-14-16-18-20-21-22-23-24-25-26-27-28-29-30-31-32-33-34-35-36-37-38-39-40-41-42-44-46-48-50-52-54-60(65)62-58(57-70-71(67,68)69-56-55-63(3,4)5)61(66)59(64)53-51-49-47-45-43-19-17-15-13-11-9-7-2/h15,17-18,20,22-23,25-26,45,47,58-59,61,64,66H,6-14,16,19,21,24,27-44,46,48-57H2,1-5H3,(H-,62,65,67,68)/b17-15+,20-18-,23-22-,26-25-,47-45+. The van der Waals surface area contributed by atoms with Crippen LogP contribution in [-0.2, 0) is 18.4 Å². The number of hydrogen-bond acceptors (Lipinski definition) is 7. The smallest absolute Gasteiger partial charge is 0.268 e. The van der Waals surface area contributed by atoms with Gasteiger partial charge in [0.15, 0.2) is 0 Å². The molecule has 0 aromatic heterocycles. The normalized spacial score (nSPS) is 14.8. The van der Waals surface area contributed by atoms with E-state index in [4.69, 9.17) is 9.05 Å². The van der Waals surface area contributed by atoms with Crippen molar-refractivity contribution in [3.05, 3.63) is 60.8 Å². The lowest BCUT2D eigenvalue weighted by molar-refractivity contribution is -0.870. The minimum atomic E-state index is -4.68. The molecule has 0 bridgehead atoms. The van der Waals surface area contributed by atoms with E-state index >= 15 is 0 Å². The zero-order chi connectivity index (χ0) is 52.2. The molecule has 4 unspecified atom stereocenters. The first-order chi connectivity index (χ1) is 34.4. The molecule has 0 aliphatic heterocycles. The van der Waals surface area contributed by atoms with Gasteiger partial charge in [0.05, 0.1) is 39.9 Å². The Kier molecular flexibility index (Phi) is 50.3. The molecule has 0 radical (unpaired) electrons. The highest BCUT2D eigenvalue weighted by Crippen LogP contribution is 2.38. The van der Waals surface area contributed by atoms with Crippen LogP contribution in [0.15, 0.2) is 60.8 Å². The van der Waals surface area contributed by atoms with Gasteiger partial charge in [0, 0.05) is 6.42 Å². The average Bonchev–Trinajstić information content (AvgIpc) is 3.33. The molecule has 416 valence electrons. The largest absolute Gasteiger partial charge is 0.756 e. The molecule has 1 amide bonds. The molecule has 71 heavy (non-hydrogen) atoms. The van der Waals surface area contributed by atoms with Crippen molar-refractivity contribution in [2.24, 2.45) is 0 Å². The van der Waals surface area contributed by atoms with Crippen LogP contribution in [0.2, 0.25) is 0 Å². The number of likely N-dealkylation sites (N-methyl/N-ethyl adjacent to an activating group) is 1. The van der Waals surface area contributed by atoms with Gasteiger partial charge in [-0.1, -0.05) is 229 Å². The van der Waals surface area contributed by atoms with E-state index in [9.17, 15) is 24.5 Å². The summed E-state index contributed by atoms with van der Waals surface area (Å²) in [5.74, 6) is -0.291. The summed E-state index contributed by atoms with van der Waals surface area (Å²) in [7, 11) is 1.10. The number of rotatable bonds is 54. The van der Waals surface area contributed by atoms with Gasteiger partial charge in [-0.3, -0.25) is 9.36 Å². The maximum absolute atomic E-state index is 13.0. The van der Waals surface area contributed by atoms with Gasteiger partial charge >= 0.3 is 0 Å². The summed E-state index contributed by atoms with van der Waals surface area (Å²) in [5, 5.41) is 24.7. The molecule has 3 N–H and O–H groups in total. The van der Waals surface area contributed by atoms with E-state index in [1.54, 1.807) is 0 Å². The SMILES string of the molecule is CCCCC/C=C/CC/C=C/CCCC(O)C(O)C(COP(=O)([O-])OCC[N+](C)(C)C)NC(=O)CCCCCCCCCCCCCCCCCCCCCC/C=C\C/C=C\C/C=C\CCCCCCC. The number of phosphoric ester groups is 1. The predicted molar refractivity (Wildman–Crippen MR) is 303 cm³/mol. The lowest BCUT2D eigenvalue weighted by Crippen LogP contribution is -2.51. The Morgan fingerprint density at radius 2 is 0.859 bits per heavy atom. The number of aliphatic hydroxyl groups is 2. The molecule has 0 rings (SSSR count). The van der Waals surface area contributed by atoms with Gasteiger partial charge in [0.25, 0.3) is 7.82 Å². The molecular formula is C61H115N2O7P. The first-order valence-electron chi connectivity index (χ1n) is 29.7. The summed E-state index contributed by atoms with van der Waals surface area (Å²) in [5.41, 5.74) is 0. The predicted octanol–water partition coefficient (Wildman–Crippen LogP) is 16.4. The van der Waals surface area contributed by atoms with Crippen LogP contribution in [0, 0.1) is 0 Å². The van der Waals surface area contributed by atoms with Crippen molar-refractivity contribution in [2.45, 2.75) is 283 Å². The minimum Gasteiger partial charge on any atom is -0.756 e. The monoisotopic (exact) mass is 1020 g/mol. The molecular weight excluding hydrogens is 904 g/mol. The van der Waals surface area contributed by atoms with Gasteiger partial charge in [-0.05, 0) is 89.9 Å². The highest BCUT2D eigenvalue weighted by molar-refractivity contribution is 7.45. The van der Waals surface area contributed by atoms with Crippen molar-refractivity contribution in [3.8, 4) is 0 Å². The number of quaternary nitrogens is 1. The van der Waals surface area contributed by atoms with Crippen molar-refractivity contribution >= 4 is 13.7 Å². The Hall–Kier alpha value is -1.84. The first-order valence-corrected chi connectivity index (χ1v) is 31.2. The van der Waals surface area contributed by atoms with Crippen LogP contribution in [0.5, 0.6) is 0 Å². The highest BCUT2D eigenvalue weighted by Gasteiger charge is 2.29. The van der Waals surface area contributed by atoms with Gasteiger partial charge < -0.3 is 34.0 Å². The Bertz CT molecular complexity index is 1360. The molecule has 0 heterocycles. The van der Waals surface area contributed by atoms with Crippen molar-refractivity contribution in [1.29, 1.82) is 0 Å². The number of phosphoric acid groups is 1. The topological polar surface area (TPSA) is 128 Å². The molecule has 0 spiro atoms. The fraction of sp³-hybridized carbons (Fsp3) is 0.820. The molecule has 0 aromatic carbocycles. The number of carbonyl (C=O) groups is 1. The van der Waals surface area contributed by atoms with Crippen LogP contribution in [0.1, 0.15) is 264 Å². The van der Waals surface area contributed by atoms with E-state index in [-0.39, 0.29) is 18.9 Å². The third kappa shape index (κ3) is 52.8. The van der Waals surface area contributed by atoms with Gasteiger partial charge in [0.2, 0.25) is 5.91 Å². The first kappa shape index (κ1) is 69.2. The van der Waals surface area contributed by atoms with E-state index in [2.05, 4.69) is 79.9 Å². The number of hydrogen-bond donors (Lipinski definition) is 3. The highest BCUT2D eigenvalue weighted by atomic mass is 31.2. The average molecular weight is 1020 g/mol. The van der Waals surface area contributed by atoms with Crippen LogP contribution in [0.3, 0.4) is 0 Å². The molecule has 4 atom stereocenters. The maximum atomic E-state index is 13.0. The quantitative estimate of drug-likeness (QED) is 0.0240. The fourth-order valence-corrected chi connectivity index (χ4v) is 9.30. The number of allylic oxidation sites excluding steroid dienone is 10. The zero-order valence-electron chi connectivity index (χ0n) is 47.0. The van der Waals surface area contributed by atoms with Crippen molar-refractivity contribution in [2.75, 3.05) is 40.9 Å². The van der Waals surface area contributed by atoms with Crippen LogP contribution < -0.4 is 10.2 Å². The number of nitrogens with one attached hydrogen (secondary N) is 1. The van der Waals surface area contributed by atoms with Crippen molar-refractivity contribution < 1.29 is 38.0 Å². The number of amides is 1. The van der Waals surface area contributed by atoms with Crippen LogP contribution in [0.25, 0.3) is 0 Å². The number of aliphatic hydroxyl groups excluding tert-OH is 2. The van der Waals surface area contributed by atoms with E-state index in [0.29, 0.717) is 30.3 Å². The van der Waals surface area contributed by atoms with Gasteiger partial charge in [-0.15, -0.1) is 0 Å². The van der Waals surface area contributed by atoms with Crippen LogP contribution in [-0.4, -0.2) is 79.8 Å². The summed E-state index contributed by atoms with van der Waals surface area (Å²) in [4.78, 5) is 25.5. The Labute approximate surface area is 439 Å². The van der Waals surface area contributed by atoms with E-state index in [0.717, 1.165) is 57.8 Å². The van der Waals surface area contributed by atoms with E-state index < -0.39 is 32.7 Å². The summed E-state index contributed by atoms with van der Waals surface area (Å²) in [6, 6.07) is -1.10. The number of unbranched alkanes of at least 4 members (excludes halogenated alkanes) is 30. The van der Waals surface area contributed by atoms with Crippen molar-refractivity contribution in [1.82, 2.24) is 5.32 Å². The second kappa shape index (κ2) is 51.6. The van der Waals surface area contributed by atoms with Gasteiger partial charge in [0.1, 0.15) is 19.3 Å². The molecule has 0 aliphatic rings. The lowest BCUT2D eigenvalue weighted by Gasteiger charge is -2.31. The summed E-state index contributed by atoms with van der Waals surface area (Å²) in [6.07, 6.45) is 66.0. The Morgan fingerprint density at radius 1 is 0.507 bits per heavy atom. The van der Waals surface area contributed by atoms with Gasteiger partial charge in [-0.25, -0.2) is 0 Å². The molecule has 0 saturated heterocycles. The number of carbonyl (C=O) groups excluding carboxylic acids is 1. The van der Waals surface area contributed by atoms with Crippen LogP contribution in [0.4, 0.5) is 0 Å². The summed E-state index contributed by atoms with van der Waals surface area (Å²) < 4.78 is 23.2. The summed E-state index contributed by atoms with van der Waals surface area (Å²) >= 11 is 0. The van der Waals surface area contributed by atoms with Crippen molar-refractivity contribution in [3.63, 3.8) is 0 Å². The second-order valence-electron chi connectivity index (χ2n) is 21.5. The molecule has 10 heteroatoms. The van der Waals surface area contributed by atoms with E-state index in [1.807, 2.05) is 21.1 Å². The lowest BCUT2D eigenvalue weighted by atomic mass is 10.0. The zero-order valence-corrected chi connectivity index (χ0v) is 47.9. The minimum absolute atomic E-state index is 0.0492. The Balaban J connectivity index is 4.05. The van der Waals surface area contributed by atoms with E-state index in [1.165, 1.54) is 167 Å². The second-order valence-corrected chi connectivity index (χ2v) is 22.9. The molecule has 0 fully saturated rings. The molecule has 9 nitrogen and oxygen atoms in total. The Morgan fingerprint density at radius 3 is 1.31 bits per heavy atom. The maximum Gasteiger partial charge on any atom is 0.268 e. The fourth-order valence-electron chi connectivity index (χ4n) is 8.57. The van der Waals surface area contributed by atoms with Crippen LogP contribution >= 0.6 is 7.82 Å². The molecule has 0 aromatic rings. The third-order valence-corrected chi connectivity index (χ3v) is 14.3. The third-order valence-electron chi connectivity index (χ3n) is 13.3.